The second kappa shape index (κ2) is 4.46. The summed E-state index contributed by atoms with van der Waals surface area (Å²) in [5.41, 5.74) is 1.39. The fourth-order valence-corrected chi connectivity index (χ4v) is 1.60. The van der Waals surface area contributed by atoms with Crippen molar-refractivity contribution >= 4 is 21.9 Å². The van der Waals surface area contributed by atoms with E-state index in [0.717, 1.165) is 23.1 Å². The van der Waals surface area contributed by atoms with Crippen molar-refractivity contribution in [2.75, 3.05) is 0 Å². The van der Waals surface area contributed by atoms with Crippen molar-refractivity contribution in [2.45, 2.75) is 19.9 Å². The van der Waals surface area contributed by atoms with Gasteiger partial charge in [0.2, 0.25) is 0 Å². The molecule has 3 nitrogen and oxygen atoms in total. The predicted octanol–water partition coefficient (Wildman–Crippen LogP) is 2.92. The molecule has 14 heavy (non-hydrogen) atoms. The quantitative estimate of drug-likeness (QED) is 0.843. The van der Waals surface area contributed by atoms with Crippen LogP contribution in [0.5, 0.6) is 0 Å². The van der Waals surface area contributed by atoms with E-state index in [1.807, 2.05) is 11.5 Å². The minimum Gasteiger partial charge on any atom is -0.478 e. The Labute approximate surface area is 91.2 Å². The van der Waals surface area contributed by atoms with Crippen molar-refractivity contribution in [3.05, 3.63) is 34.6 Å². The lowest BCUT2D eigenvalue weighted by Gasteiger charge is -2.03. The molecule has 0 unspecified atom stereocenters. The maximum absolute atomic E-state index is 10.7. The van der Waals surface area contributed by atoms with Crippen molar-refractivity contribution in [1.82, 2.24) is 4.57 Å². The number of hydrogen-bond donors (Lipinski definition) is 1. The number of aryl methyl sites for hydroxylation is 1. The first-order chi connectivity index (χ1) is 6.50. The van der Waals surface area contributed by atoms with Crippen molar-refractivity contribution in [3.8, 4) is 0 Å². The highest BCUT2D eigenvalue weighted by Gasteiger charge is 2.08. The van der Waals surface area contributed by atoms with Crippen molar-refractivity contribution in [3.63, 3.8) is 0 Å². The molecule has 0 spiro atoms. The normalized spacial score (nSPS) is 10.1. The van der Waals surface area contributed by atoms with Crippen LogP contribution >= 0.6 is 15.9 Å². The molecule has 1 aromatic rings. The lowest BCUT2D eigenvalue weighted by molar-refractivity contribution is 0.0697. The summed E-state index contributed by atoms with van der Waals surface area (Å²) >= 11 is 3.31. The van der Waals surface area contributed by atoms with Crippen LogP contribution in [-0.4, -0.2) is 15.6 Å². The molecule has 0 bridgehead atoms. The second-order valence-corrected chi connectivity index (χ2v) is 4.07. The molecule has 0 aromatic carbocycles. The van der Waals surface area contributed by atoms with Gasteiger partial charge >= 0.3 is 5.97 Å². The lowest BCUT2D eigenvalue weighted by Crippen LogP contribution is -1.97. The van der Waals surface area contributed by atoms with Gasteiger partial charge in [-0.05, 0) is 35.3 Å². The molecular formula is C10H12BrNO2. The van der Waals surface area contributed by atoms with Crippen LogP contribution < -0.4 is 0 Å². The standard InChI is InChI=1S/C10H12BrNO2/c1-7(2)3-4-12-6-8(10(13)14)5-9(12)11/h5-6H,1,3-4H2,2H3,(H,13,14). The Balaban J connectivity index is 2.77. The van der Waals surface area contributed by atoms with Crippen molar-refractivity contribution < 1.29 is 9.90 Å². The SMILES string of the molecule is C=C(C)CCn1cc(C(=O)O)cc1Br. The third-order valence-corrected chi connectivity index (χ3v) is 2.55. The third kappa shape index (κ3) is 2.73. The third-order valence-electron chi connectivity index (χ3n) is 1.87. The molecule has 0 saturated heterocycles. The molecule has 0 atom stereocenters. The minimum absolute atomic E-state index is 0.304. The highest BCUT2D eigenvalue weighted by atomic mass is 79.9. The number of aromatic carboxylic acids is 1. The zero-order valence-corrected chi connectivity index (χ0v) is 9.54. The van der Waals surface area contributed by atoms with Gasteiger partial charge in [-0.25, -0.2) is 4.79 Å². The average molecular weight is 258 g/mol. The van der Waals surface area contributed by atoms with E-state index < -0.39 is 5.97 Å². The topological polar surface area (TPSA) is 42.2 Å². The molecule has 1 N–H and O–H groups in total. The monoisotopic (exact) mass is 257 g/mol. The van der Waals surface area contributed by atoms with Gasteiger partial charge in [-0.1, -0.05) is 5.57 Å². The second-order valence-electron chi connectivity index (χ2n) is 3.26. The molecule has 0 saturated carbocycles. The van der Waals surface area contributed by atoms with E-state index in [1.54, 1.807) is 12.3 Å². The molecule has 1 heterocycles. The molecule has 0 amide bonds. The fraction of sp³-hybridized carbons (Fsp3) is 0.300. The molecule has 0 aliphatic heterocycles. The lowest BCUT2D eigenvalue weighted by atomic mass is 10.2. The van der Waals surface area contributed by atoms with E-state index in [-0.39, 0.29) is 0 Å². The predicted molar refractivity (Wildman–Crippen MR) is 58.5 cm³/mol. The number of hydrogen-bond acceptors (Lipinski definition) is 1. The smallest absolute Gasteiger partial charge is 0.337 e. The zero-order valence-electron chi connectivity index (χ0n) is 7.96. The van der Waals surface area contributed by atoms with E-state index in [9.17, 15) is 4.79 Å². The number of halogens is 1. The van der Waals surface area contributed by atoms with Gasteiger partial charge in [-0.15, -0.1) is 6.58 Å². The van der Waals surface area contributed by atoms with Crippen LogP contribution in [0.25, 0.3) is 0 Å². The van der Waals surface area contributed by atoms with Crippen LogP contribution in [0.1, 0.15) is 23.7 Å². The Morgan fingerprint density at radius 1 is 1.71 bits per heavy atom. The summed E-state index contributed by atoms with van der Waals surface area (Å²) in [7, 11) is 0. The van der Waals surface area contributed by atoms with Gasteiger partial charge in [0.25, 0.3) is 0 Å². The van der Waals surface area contributed by atoms with Gasteiger partial charge in [0, 0.05) is 12.7 Å². The summed E-state index contributed by atoms with van der Waals surface area (Å²) < 4.78 is 2.65. The van der Waals surface area contributed by atoms with Crippen molar-refractivity contribution in [2.24, 2.45) is 0 Å². The van der Waals surface area contributed by atoms with E-state index in [4.69, 9.17) is 5.11 Å². The first-order valence-corrected chi connectivity index (χ1v) is 5.03. The summed E-state index contributed by atoms with van der Waals surface area (Å²) in [5.74, 6) is -0.903. The van der Waals surface area contributed by atoms with Crippen LogP contribution in [0.3, 0.4) is 0 Å². The van der Waals surface area contributed by atoms with Gasteiger partial charge in [0.05, 0.1) is 10.2 Å². The number of rotatable bonds is 4. The summed E-state index contributed by atoms with van der Waals surface area (Å²) in [6.45, 7) is 6.50. The number of aromatic nitrogens is 1. The van der Waals surface area contributed by atoms with Gasteiger partial charge < -0.3 is 9.67 Å². The van der Waals surface area contributed by atoms with Crippen molar-refractivity contribution in [1.29, 1.82) is 0 Å². The Bertz CT molecular complexity index is 368. The Morgan fingerprint density at radius 3 is 2.79 bits per heavy atom. The summed E-state index contributed by atoms with van der Waals surface area (Å²) in [6.07, 6.45) is 2.47. The van der Waals surface area contributed by atoms with Crippen LogP contribution in [0.15, 0.2) is 29.0 Å². The van der Waals surface area contributed by atoms with Crippen LogP contribution in [0.2, 0.25) is 0 Å². The molecule has 0 radical (unpaired) electrons. The van der Waals surface area contributed by atoms with E-state index >= 15 is 0 Å². The number of carbonyl (C=O) groups is 1. The Kier molecular flexibility index (Phi) is 3.52. The molecule has 1 aromatic heterocycles. The molecule has 1 rings (SSSR count). The number of nitrogens with zero attached hydrogens (tertiary/aromatic N) is 1. The highest BCUT2D eigenvalue weighted by Crippen LogP contribution is 2.16. The maximum atomic E-state index is 10.7. The van der Waals surface area contributed by atoms with Crippen LogP contribution in [0.4, 0.5) is 0 Å². The minimum atomic E-state index is -0.903. The zero-order chi connectivity index (χ0) is 10.7. The van der Waals surface area contributed by atoms with Gasteiger partial charge in [0.15, 0.2) is 0 Å². The van der Waals surface area contributed by atoms with Gasteiger partial charge in [-0.2, -0.15) is 0 Å². The fourth-order valence-electron chi connectivity index (χ4n) is 1.08. The Hall–Kier alpha value is -1.03. The molecule has 0 aliphatic rings. The molecular weight excluding hydrogens is 246 g/mol. The van der Waals surface area contributed by atoms with Gasteiger partial charge in [0.1, 0.15) is 0 Å². The average Bonchev–Trinajstić information content (AvgIpc) is 2.43. The maximum Gasteiger partial charge on any atom is 0.337 e. The molecule has 0 aliphatic carbocycles. The van der Waals surface area contributed by atoms with E-state index in [1.165, 1.54) is 0 Å². The first-order valence-electron chi connectivity index (χ1n) is 4.24. The van der Waals surface area contributed by atoms with E-state index in [0.29, 0.717) is 5.56 Å². The molecule has 76 valence electrons. The van der Waals surface area contributed by atoms with E-state index in [2.05, 4.69) is 22.5 Å². The summed E-state index contributed by atoms with van der Waals surface area (Å²) in [5, 5.41) is 8.75. The highest BCUT2D eigenvalue weighted by molar-refractivity contribution is 9.10. The number of carboxylic acids is 1. The summed E-state index contributed by atoms with van der Waals surface area (Å²) in [4.78, 5) is 10.7. The summed E-state index contributed by atoms with van der Waals surface area (Å²) in [6, 6.07) is 1.60. The number of allylic oxidation sites excluding steroid dienone is 1. The molecule has 4 heteroatoms. The number of carboxylic acid groups (broad SMARTS) is 1. The largest absolute Gasteiger partial charge is 0.478 e. The van der Waals surface area contributed by atoms with Crippen LogP contribution in [0, 0.1) is 0 Å². The van der Waals surface area contributed by atoms with Gasteiger partial charge in [-0.3, -0.25) is 0 Å². The molecule has 0 fully saturated rings. The Morgan fingerprint density at radius 2 is 2.36 bits per heavy atom. The van der Waals surface area contributed by atoms with Crippen LogP contribution in [-0.2, 0) is 6.54 Å². The first kappa shape index (κ1) is 11.0.